The number of carbonyl (C=O) groups excluding carboxylic acids is 3. The largest absolute Gasteiger partial charge is 0.496 e. The minimum atomic E-state index is -0.957. The second-order valence-corrected chi connectivity index (χ2v) is 5.92. The predicted molar refractivity (Wildman–Crippen MR) is 93.3 cm³/mol. The molecule has 1 aromatic rings. The predicted octanol–water partition coefficient (Wildman–Crippen LogP) is 0.940. The van der Waals surface area contributed by atoms with Gasteiger partial charge < -0.3 is 24.0 Å². The number of benzene rings is 1. The minimum Gasteiger partial charge on any atom is -0.496 e. The van der Waals surface area contributed by atoms with E-state index in [2.05, 4.69) is 0 Å². The normalized spacial score (nSPS) is 15.2. The molecule has 1 heterocycles. The molecule has 0 spiro atoms. The van der Waals surface area contributed by atoms with E-state index in [0.717, 1.165) is 0 Å². The van der Waals surface area contributed by atoms with Crippen LogP contribution in [0.3, 0.4) is 0 Å². The van der Waals surface area contributed by atoms with Gasteiger partial charge in [-0.25, -0.2) is 4.79 Å². The molecule has 1 aromatic carbocycles. The van der Waals surface area contributed by atoms with Crippen molar-refractivity contribution in [3.05, 3.63) is 23.8 Å². The summed E-state index contributed by atoms with van der Waals surface area (Å²) in [6, 6.07) is 4.93. The summed E-state index contributed by atoms with van der Waals surface area (Å²) < 4.78 is 15.7. The van der Waals surface area contributed by atoms with Crippen molar-refractivity contribution in [3.63, 3.8) is 0 Å². The number of rotatable bonds is 5. The lowest BCUT2D eigenvalue weighted by Crippen LogP contribution is -2.52. The first-order valence-electron chi connectivity index (χ1n) is 8.35. The topological polar surface area (TPSA) is 85.4 Å². The van der Waals surface area contributed by atoms with E-state index in [1.54, 1.807) is 28.0 Å². The number of ether oxygens (including phenoxy) is 3. The standard InChI is InChI=1S/C18H24N2O6/c1-12(17(22)20-10-8-19(9-11-20)13(2)21)26-18(23)16-14(24-3)6-5-7-15(16)25-4/h5-7,12H,8-11H2,1-4H3/t12-/m1/s1. The zero-order valence-corrected chi connectivity index (χ0v) is 15.5. The third kappa shape index (κ3) is 4.25. The van der Waals surface area contributed by atoms with E-state index in [9.17, 15) is 14.4 Å². The Hall–Kier alpha value is -2.77. The van der Waals surface area contributed by atoms with Crippen LogP contribution in [0.4, 0.5) is 0 Å². The van der Waals surface area contributed by atoms with E-state index in [-0.39, 0.29) is 17.4 Å². The van der Waals surface area contributed by atoms with Gasteiger partial charge in [0.1, 0.15) is 17.1 Å². The number of nitrogens with zero attached hydrogens (tertiary/aromatic N) is 2. The zero-order valence-electron chi connectivity index (χ0n) is 15.5. The summed E-state index contributed by atoms with van der Waals surface area (Å²) in [5.74, 6) is -0.383. The van der Waals surface area contributed by atoms with E-state index in [0.29, 0.717) is 37.7 Å². The lowest BCUT2D eigenvalue weighted by atomic mass is 10.1. The maximum absolute atomic E-state index is 12.5. The van der Waals surface area contributed by atoms with Gasteiger partial charge in [0.25, 0.3) is 5.91 Å². The highest BCUT2D eigenvalue weighted by Gasteiger charge is 2.29. The van der Waals surface area contributed by atoms with Gasteiger partial charge >= 0.3 is 5.97 Å². The fraction of sp³-hybridized carbons (Fsp3) is 0.500. The van der Waals surface area contributed by atoms with Crippen LogP contribution in [0, 0.1) is 0 Å². The summed E-state index contributed by atoms with van der Waals surface area (Å²) in [5, 5.41) is 0. The van der Waals surface area contributed by atoms with Crippen molar-refractivity contribution in [2.75, 3.05) is 40.4 Å². The van der Waals surface area contributed by atoms with Crippen LogP contribution < -0.4 is 9.47 Å². The second-order valence-electron chi connectivity index (χ2n) is 5.92. The quantitative estimate of drug-likeness (QED) is 0.723. The van der Waals surface area contributed by atoms with Gasteiger partial charge in [0.05, 0.1) is 14.2 Å². The Morgan fingerprint density at radius 1 is 0.962 bits per heavy atom. The average molecular weight is 364 g/mol. The number of methoxy groups -OCH3 is 2. The summed E-state index contributed by atoms with van der Waals surface area (Å²) in [7, 11) is 2.88. The molecule has 0 radical (unpaired) electrons. The number of piperazine rings is 1. The lowest BCUT2D eigenvalue weighted by Gasteiger charge is -2.35. The molecule has 1 aliphatic heterocycles. The van der Waals surface area contributed by atoms with Crippen LogP contribution in [-0.4, -0.2) is 74.1 Å². The maximum atomic E-state index is 12.5. The Morgan fingerprint density at radius 3 is 1.92 bits per heavy atom. The molecule has 26 heavy (non-hydrogen) atoms. The van der Waals surface area contributed by atoms with Crippen LogP contribution in [0.1, 0.15) is 24.2 Å². The highest BCUT2D eigenvalue weighted by molar-refractivity contribution is 5.97. The second kappa shape index (κ2) is 8.55. The van der Waals surface area contributed by atoms with Gasteiger partial charge in [0, 0.05) is 33.1 Å². The van der Waals surface area contributed by atoms with E-state index in [1.165, 1.54) is 28.1 Å². The molecule has 142 valence electrons. The molecule has 0 aromatic heterocycles. The van der Waals surface area contributed by atoms with Gasteiger partial charge in [-0.2, -0.15) is 0 Å². The third-order valence-electron chi connectivity index (χ3n) is 4.30. The first kappa shape index (κ1) is 19.6. The molecular weight excluding hydrogens is 340 g/mol. The van der Waals surface area contributed by atoms with Gasteiger partial charge in [0.2, 0.25) is 5.91 Å². The summed E-state index contributed by atoms with van der Waals surface area (Å²) in [6.07, 6.45) is -0.957. The Kier molecular flexibility index (Phi) is 6.43. The number of amides is 2. The average Bonchev–Trinajstić information content (AvgIpc) is 2.66. The van der Waals surface area contributed by atoms with Crippen LogP contribution in [0.15, 0.2) is 18.2 Å². The summed E-state index contributed by atoms with van der Waals surface area (Å²) in [6.45, 7) is 4.81. The fourth-order valence-corrected chi connectivity index (χ4v) is 2.82. The highest BCUT2D eigenvalue weighted by Crippen LogP contribution is 2.29. The molecule has 2 rings (SSSR count). The van der Waals surface area contributed by atoms with E-state index >= 15 is 0 Å². The summed E-state index contributed by atoms with van der Waals surface area (Å²) in [5.41, 5.74) is 0.138. The molecule has 0 saturated carbocycles. The Bertz CT molecular complexity index is 660. The number of esters is 1. The molecule has 1 aliphatic rings. The zero-order chi connectivity index (χ0) is 19.3. The molecule has 2 amide bonds. The molecule has 1 saturated heterocycles. The van der Waals surface area contributed by atoms with E-state index in [1.807, 2.05) is 0 Å². The highest BCUT2D eigenvalue weighted by atomic mass is 16.6. The minimum absolute atomic E-state index is 0.0140. The van der Waals surface area contributed by atoms with Crippen LogP contribution in [-0.2, 0) is 14.3 Å². The van der Waals surface area contributed by atoms with Crippen LogP contribution >= 0.6 is 0 Å². The van der Waals surface area contributed by atoms with Crippen molar-refractivity contribution in [2.24, 2.45) is 0 Å². The molecule has 0 unspecified atom stereocenters. The Balaban J connectivity index is 2.03. The monoisotopic (exact) mass is 364 g/mol. The molecule has 0 bridgehead atoms. The molecule has 8 nitrogen and oxygen atoms in total. The summed E-state index contributed by atoms with van der Waals surface area (Å²) >= 11 is 0. The van der Waals surface area contributed by atoms with Gasteiger partial charge in [0.15, 0.2) is 6.10 Å². The van der Waals surface area contributed by atoms with Gasteiger partial charge in [-0.1, -0.05) is 6.07 Å². The maximum Gasteiger partial charge on any atom is 0.346 e. The van der Waals surface area contributed by atoms with Gasteiger partial charge in [-0.15, -0.1) is 0 Å². The number of carbonyl (C=O) groups is 3. The fourth-order valence-electron chi connectivity index (χ4n) is 2.82. The van der Waals surface area contributed by atoms with E-state index in [4.69, 9.17) is 14.2 Å². The van der Waals surface area contributed by atoms with Crippen molar-refractivity contribution >= 4 is 17.8 Å². The van der Waals surface area contributed by atoms with Crippen LogP contribution in [0.25, 0.3) is 0 Å². The van der Waals surface area contributed by atoms with E-state index < -0.39 is 12.1 Å². The Labute approximate surface area is 152 Å². The molecule has 1 atom stereocenters. The first-order chi connectivity index (χ1) is 12.4. The summed E-state index contributed by atoms with van der Waals surface area (Å²) in [4.78, 5) is 39.7. The molecule has 0 aliphatic carbocycles. The molecule has 8 heteroatoms. The van der Waals surface area contributed by atoms with Crippen molar-refractivity contribution in [1.82, 2.24) is 9.80 Å². The van der Waals surface area contributed by atoms with Crippen molar-refractivity contribution < 1.29 is 28.6 Å². The molecular formula is C18H24N2O6. The molecule has 1 fully saturated rings. The van der Waals surface area contributed by atoms with Crippen molar-refractivity contribution in [1.29, 1.82) is 0 Å². The van der Waals surface area contributed by atoms with Crippen LogP contribution in [0.2, 0.25) is 0 Å². The smallest absolute Gasteiger partial charge is 0.346 e. The Morgan fingerprint density at radius 2 is 1.46 bits per heavy atom. The third-order valence-corrected chi connectivity index (χ3v) is 4.30. The first-order valence-corrected chi connectivity index (χ1v) is 8.35. The van der Waals surface area contributed by atoms with Gasteiger partial charge in [-0.05, 0) is 19.1 Å². The SMILES string of the molecule is COc1cccc(OC)c1C(=O)O[C@H](C)C(=O)N1CCN(C(C)=O)CC1. The lowest BCUT2D eigenvalue weighted by molar-refractivity contribution is -0.144. The van der Waals surface area contributed by atoms with Gasteiger partial charge in [-0.3, -0.25) is 9.59 Å². The van der Waals surface area contributed by atoms with Crippen molar-refractivity contribution in [2.45, 2.75) is 20.0 Å². The number of hydrogen-bond acceptors (Lipinski definition) is 6. The molecule has 0 N–H and O–H groups in total. The van der Waals surface area contributed by atoms with Crippen molar-refractivity contribution in [3.8, 4) is 11.5 Å². The number of hydrogen-bond donors (Lipinski definition) is 0. The van der Waals surface area contributed by atoms with Crippen LogP contribution in [0.5, 0.6) is 11.5 Å².